The summed E-state index contributed by atoms with van der Waals surface area (Å²) < 4.78 is 18.2. The van der Waals surface area contributed by atoms with E-state index in [9.17, 15) is 9.18 Å². The molecule has 0 atom stereocenters. The number of rotatable bonds is 2. The zero-order valence-electron chi connectivity index (χ0n) is 9.35. The van der Waals surface area contributed by atoms with Crippen LogP contribution in [-0.4, -0.2) is 23.0 Å². The number of halogens is 2. The van der Waals surface area contributed by atoms with Gasteiger partial charge in [0.15, 0.2) is 0 Å². The van der Waals surface area contributed by atoms with Crippen LogP contribution in [0.4, 0.5) is 4.39 Å². The summed E-state index contributed by atoms with van der Waals surface area (Å²) in [4.78, 5) is 18.9. The van der Waals surface area contributed by atoms with E-state index in [1.165, 1.54) is 25.4 Å². The maximum absolute atomic E-state index is 13.7. The molecule has 0 aliphatic rings. The third-order valence-electron chi connectivity index (χ3n) is 2.30. The SMILES string of the molecule is COC(=O)c1ccc(-c2ccnc(Cl)n2)cc1F. The minimum Gasteiger partial charge on any atom is -0.465 e. The van der Waals surface area contributed by atoms with E-state index in [0.717, 1.165) is 0 Å². The molecule has 2 rings (SSSR count). The molecular formula is C12H8ClFN2O2. The van der Waals surface area contributed by atoms with E-state index in [2.05, 4.69) is 14.7 Å². The molecule has 18 heavy (non-hydrogen) atoms. The van der Waals surface area contributed by atoms with Crippen molar-refractivity contribution in [1.82, 2.24) is 9.97 Å². The van der Waals surface area contributed by atoms with Gasteiger partial charge in [-0.25, -0.2) is 19.2 Å². The first-order chi connectivity index (χ1) is 8.61. The predicted molar refractivity (Wildman–Crippen MR) is 63.8 cm³/mol. The molecule has 4 nitrogen and oxygen atoms in total. The first-order valence-electron chi connectivity index (χ1n) is 4.98. The van der Waals surface area contributed by atoms with Crippen molar-refractivity contribution >= 4 is 17.6 Å². The Kier molecular flexibility index (Phi) is 3.53. The molecule has 1 heterocycles. The summed E-state index contributed by atoms with van der Waals surface area (Å²) in [5, 5.41) is 0.0740. The second-order valence-corrected chi connectivity index (χ2v) is 3.74. The lowest BCUT2D eigenvalue weighted by atomic mass is 10.1. The lowest BCUT2D eigenvalue weighted by molar-refractivity contribution is 0.0595. The summed E-state index contributed by atoms with van der Waals surface area (Å²) >= 11 is 5.65. The zero-order chi connectivity index (χ0) is 13.1. The Labute approximate surface area is 107 Å². The van der Waals surface area contributed by atoms with E-state index in [1.807, 2.05) is 0 Å². The monoisotopic (exact) mass is 266 g/mol. The molecule has 0 unspecified atom stereocenters. The molecular weight excluding hydrogens is 259 g/mol. The Morgan fingerprint density at radius 1 is 1.39 bits per heavy atom. The average molecular weight is 267 g/mol. The number of nitrogens with zero attached hydrogens (tertiary/aromatic N) is 2. The standard InChI is InChI=1S/C12H8ClFN2O2/c1-18-11(17)8-3-2-7(6-9(8)14)10-4-5-15-12(13)16-10/h2-6H,1H3. The summed E-state index contributed by atoms with van der Waals surface area (Å²) in [7, 11) is 1.19. The van der Waals surface area contributed by atoms with Gasteiger partial charge in [-0.3, -0.25) is 0 Å². The Balaban J connectivity index is 2.43. The van der Waals surface area contributed by atoms with E-state index >= 15 is 0 Å². The van der Waals surface area contributed by atoms with Crippen LogP contribution in [0.25, 0.3) is 11.3 Å². The first-order valence-corrected chi connectivity index (χ1v) is 5.36. The summed E-state index contributed by atoms with van der Waals surface area (Å²) in [5.41, 5.74) is 0.858. The third-order valence-corrected chi connectivity index (χ3v) is 2.48. The number of carbonyl (C=O) groups excluding carboxylic acids is 1. The Hall–Kier alpha value is -2.01. The highest BCUT2D eigenvalue weighted by molar-refractivity contribution is 6.28. The van der Waals surface area contributed by atoms with Crippen molar-refractivity contribution in [3.63, 3.8) is 0 Å². The molecule has 0 bridgehead atoms. The van der Waals surface area contributed by atoms with Gasteiger partial charge in [0.25, 0.3) is 0 Å². The number of hydrogen-bond acceptors (Lipinski definition) is 4. The Morgan fingerprint density at radius 2 is 2.17 bits per heavy atom. The van der Waals surface area contributed by atoms with Gasteiger partial charge in [-0.15, -0.1) is 0 Å². The van der Waals surface area contributed by atoms with Gasteiger partial charge < -0.3 is 4.74 Å². The van der Waals surface area contributed by atoms with Crippen LogP contribution < -0.4 is 0 Å². The maximum Gasteiger partial charge on any atom is 0.340 e. The summed E-state index contributed by atoms with van der Waals surface area (Å²) in [6, 6.07) is 5.70. The number of ether oxygens (including phenoxy) is 1. The fraction of sp³-hybridized carbons (Fsp3) is 0.0833. The highest BCUT2D eigenvalue weighted by Crippen LogP contribution is 2.21. The lowest BCUT2D eigenvalue weighted by Gasteiger charge is -2.04. The number of methoxy groups -OCH3 is 1. The molecule has 92 valence electrons. The van der Waals surface area contributed by atoms with E-state index in [-0.39, 0.29) is 10.8 Å². The van der Waals surface area contributed by atoms with Gasteiger partial charge in [-0.05, 0) is 29.8 Å². The fourth-order valence-corrected chi connectivity index (χ4v) is 1.59. The van der Waals surface area contributed by atoms with Crippen molar-refractivity contribution in [2.45, 2.75) is 0 Å². The highest BCUT2D eigenvalue weighted by Gasteiger charge is 2.13. The summed E-state index contributed by atoms with van der Waals surface area (Å²) in [6.07, 6.45) is 1.47. The topological polar surface area (TPSA) is 52.1 Å². The van der Waals surface area contributed by atoms with Crippen molar-refractivity contribution in [2.24, 2.45) is 0 Å². The predicted octanol–water partition coefficient (Wildman–Crippen LogP) is 2.72. The van der Waals surface area contributed by atoms with Crippen molar-refractivity contribution in [2.75, 3.05) is 7.11 Å². The molecule has 2 aromatic rings. The average Bonchev–Trinajstić information content (AvgIpc) is 2.37. The first kappa shape index (κ1) is 12.4. The lowest BCUT2D eigenvalue weighted by Crippen LogP contribution is -2.04. The van der Waals surface area contributed by atoms with Crippen molar-refractivity contribution in [1.29, 1.82) is 0 Å². The van der Waals surface area contributed by atoms with Crippen LogP contribution in [0, 0.1) is 5.82 Å². The molecule has 0 saturated carbocycles. The number of esters is 1. The van der Waals surface area contributed by atoms with Crippen LogP contribution >= 0.6 is 11.6 Å². The van der Waals surface area contributed by atoms with Crippen LogP contribution in [0.5, 0.6) is 0 Å². The number of benzene rings is 1. The van der Waals surface area contributed by atoms with Crippen LogP contribution in [0.2, 0.25) is 5.28 Å². The van der Waals surface area contributed by atoms with Gasteiger partial charge in [-0.2, -0.15) is 0 Å². The molecule has 0 aliphatic carbocycles. The van der Waals surface area contributed by atoms with Gasteiger partial charge in [-0.1, -0.05) is 6.07 Å². The van der Waals surface area contributed by atoms with Crippen molar-refractivity contribution in [3.8, 4) is 11.3 Å². The number of carbonyl (C=O) groups is 1. The third kappa shape index (κ3) is 2.46. The van der Waals surface area contributed by atoms with Gasteiger partial charge in [0.05, 0.1) is 18.4 Å². The smallest absolute Gasteiger partial charge is 0.340 e. The van der Waals surface area contributed by atoms with Gasteiger partial charge in [0, 0.05) is 11.8 Å². The minimum atomic E-state index is -0.722. The molecule has 0 spiro atoms. The fourth-order valence-electron chi connectivity index (χ4n) is 1.45. The number of hydrogen-bond donors (Lipinski definition) is 0. The molecule has 0 saturated heterocycles. The van der Waals surface area contributed by atoms with Crippen LogP contribution in [0.3, 0.4) is 0 Å². The molecule has 1 aromatic carbocycles. The van der Waals surface area contributed by atoms with Crippen LogP contribution in [-0.2, 0) is 4.74 Å². The summed E-state index contributed by atoms with van der Waals surface area (Å²) in [5.74, 6) is -1.39. The molecule has 0 fully saturated rings. The highest BCUT2D eigenvalue weighted by atomic mass is 35.5. The molecule has 0 radical (unpaired) electrons. The molecule has 0 amide bonds. The van der Waals surface area contributed by atoms with Crippen LogP contribution in [0.1, 0.15) is 10.4 Å². The van der Waals surface area contributed by atoms with E-state index < -0.39 is 11.8 Å². The van der Waals surface area contributed by atoms with Gasteiger partial charge in [0.1, 0.15) is 5.82 Å². The maximum atomic E-state index is 13.7. The normalized spacial score (nSPS) is 10.2. The second kappa shape index (κ2) is 5.10. The van der Waals surface area contributed by atoms with Gasteiger partial charge >= 0.3 is 5.97 Å². The van der Waals surface area contributed by atoms with E-state index in [4.69, 9.17) is 11.6 Å². The van der Waals surface area contributed by atoms with Crippen molar-refractivity contribution < 1.29 is 13.9 Å². The number of aromatic nitrogens is 2. The zero-order valence-corrected chi connectivity index (χ0v) is 10.1. The molecule has 6 heteroatoms. The summed E-state index contributed by atoms with van der Waals surface area (Å²) in [6.45, 7) is 0. The van der Waals surface area contributed by atoms with Crippen molar-refractivity contribution in [3.05, 3.63) is 47.1 Å². The second-order valence-electron chi connectivity index (χ2n) is 3.40. The molecule has 0 aliphatic heterocycles. The Bertz CT molecular complexity index is 604. The molecule has 1 aromatic heterocycles. The van der Waals surface area contributed by atoms with Crippen LogP contribution in [0.15, 0.2) is 30.5 Å². The van der Waals surface area contributed by atoms with E-state index in [1.54, 1.807) is 12.1 Å². The Morgan fingerprint density at radius 3 is 2.78 bits per heavy atom. The largest absolute Gasteiger partial charge is 0.465 e. The quantitative estimate of drug-likeness (QED) is 0.619. The molecule has 0 N–H and O–H groups in total. The van der Waals surface area contributed by atoms with E-state index in [0.29, 0.717) is 11.3 Å². The van der Waals surface area contributed by atoms with Gasteiger partial charge in [0.2, 0.25) is 5.28 Å². The minimum absolute atomic E-state index is 0.0740.